The summed E-state index contributed by atoms with van der Waals surface area (Å²) < 4.78 is 5.70. The Morgan fingerprint density at radius 1 is 1.11 bits per heavy atom. The fourth-order valence-corrected chi connectivity index (χ4v) is 4.37. The number of ether oxygens (including phenoxy) is 1. The number of carbonyl (C=O) groups is 2. The summed E-state index contributed by atoms with van der Waals surface area (Å²) in [6.45, 7) is 10.4. The van der Waals surface area contributed by atoms with Gasteiger partial charge in [-0.3, -0.25) is 4.79 Å². The number of hydrogen-bond donors (Lipinski definition) is 3. The molecule has 0 aliphatic carbocycles. The summed E-state index contributed by atoms with van der Waals surface area (Å²) in [7, 11) is 0. The predicted molar refractivity (Wildman–Crippen MR) is 139 cm³/mol. The minimum Gasteiger partial charge on any atom is -0.481 e. The largest absolute Gasteiger partial charge is 0.481 e. The van der Waals surface area contributed by atoms with Crippen LogP contribution in [0.5, 0.6) is 0 Å². The van der Waals surface area contributed by atoms with Crippen molar-refractivity contribution in [3.63, 3.8) is 0 Å². The van der Waals surface area contributed by atoms with Gasteiger partial charge in [-0.2, -0.15) is 0 Å². The molecule has 1 amide bonds. The Morgan fingerprint density at radius 2 is 1.80 bits per heavy atom. The van der Waals surface area contributed by atoms with Crippen LogP contribution in [-0.4, -0.2) is 51.8 Å². The van der Waals surface area contributed by atoms with Gasteiger partial charge in [0.1, 0.15) is 5.60 Å². The van der Waals surface area contributed by atoms with Gasteiger partial charge in [0.15, 0.2) is 0 Å². The van der Waals surface area contributed by atoms with Gasteiger partial charge in [0, 0.05) is 36.2 Å². The van der Waals surface area contributed by atoms with Gasteiger partial charge in [0.25, 0.3) is 0 Å². The quantitative estimate of drug-likeness (QED) is 0.359. The van der Waals surface area contributed by atoms with Crippen LogP contribution in [0.3, 0.4) is 0 Å². The highest BCUT2D eigenvalue weighted by atomic mass is 16.6. The number of hydrogen-bond acceptors (Lipinski definition) is 4. The van der Waals surface area contributed by atoms with E-state index >= 15 is 0 Å². The highest BCUT2D eigenvalue weighted by Crippen LogP contribution is 2.25. The molecule has 188 valence electrons. The first-order valence-electron chi connectivity index (χ1n) is 12.1. The number of aryl methyl sites for hydroxylation is 1. The van der Waals surface area contributed by atoms with E-state index in [0.29, 0.717) is 19.5 Å². The van der Waals surface area contributed by atoms with Crippen LogP contribution in [0.4, 0.5) is 4.79 Å². The second-order valence-electron chi connectivity index (χ2n) is 10.0. The highest BCUT2D eigenvalue weighted by Gasteiger charge is 2.27. The normalized spacial score (nSPS) is 13.4. The number of amides is 1. The third-order valence-electron chi connectivity index (χ3n) is 6.08. The third-order valence-corrected chi connectivity index (χ3v) is 6.08. The molecule has 1 heterocycles. The van der Waals surface area contributed by atoms with E-state index < -0.39 is 11.6 Å². The Kier molecular flexibility index (Phi) is 8.57. The van der Waals surface area contributed by atoms with Gasteiger partial charge in [0.2, 0.25) is 0 Å². The van der Waals surface area contributed by atoms with Gasteiger partial charge in [-0.1, -0.05) is 42.5 Å². The van der Waals surface area contributed by atoms with Crippen LogP contribution in [0.15, 0.2) is 54.7 Å². The number of carboxylic acid groups (broad SMARTS) is 1. The molecule has 0 aliphatic rings. The molecule has 1 aromatic heterocycles. The van der Waals surface area contributed by atoms with E-state index in [1.54, 1.807) is 4.90 Å². The van der Waals surface area contributed by atoms with Crippen molar-refractivity contribution >= 4 is 23.0 Å². The number of benzene rings is 2. The predicted octanol–water partition coefficient (Wildman–Crippen LogP) is 5.45. The van der Waals surface area contributed by atoms with E-state index in [1.807, 2.05) is 89.3 Å². The zero-order chi connectivity index (χ0) is 25.6. The van der Waals surface area contributed by atoms with Crippen molar-refractivity contribution in [3.8, 4) is 0 Å². The van der Waals surface area contributed by atoms with E-state index in [0.717, 1.165) is 27.6 Å². The SMILES string of the molecule is Cc1ccccc1C(C)N(CCN[C@@H](CC(=O)O)Cc1c[nH]c2ccccc12)C(=O)OC(C)(C)C. The molecule has 2 atom stereocenters. The maximum absolute atomic E-state index is 13.1. The molecule has 2 aromatic carbocycles. The first kappa shape index (κ1) is 26.3. The maximum atomic E-state index is 13.1. The molecular weight excluding hydrogens is 442 g/mol. The van der Waals surface area contributed by atoms with Gasteiger partial charge < -0.3 is 25.0 Å². The summed E-state index contributed by atoms with van der Waals surface area (Å²) in [6, 6.07) is 15.5. The van der Waals surface area contributed by atoms with Crippen molar-refractivity contribution < 1.29 is 19.4 Å². The van der Waals surface area contributed by atoms with Crippen molar-refractivity contribution in [3.05, 3.63) is 71.4 Å². The summed E-state index contributed by atoms with van der Waals surface area (Å²) in [5.41, 5.74) is 3.63. The Balaban J connectivity index is 1.74. The molecule has 0 saturated heterocycles. The van der Waals surface area contributed by atoms with Crippen molar-refractivity contribution in [2.75, 3.05) is 13.1 Å². The fourth-order valence-electron chi connectivity index (χ4n) is 4.37. The van der Waals surface area contributed by atoms with Crippen molar-refractivity contribution in [1.29, 1.82) is 0 Å². The minimum atomic E-state index is -0.861. The Morgan fingerprint density at radius 3 is 2.49 bits per heavy atom. The molecule has 7 heteroatoms. The summed E-state index contributed by atoms with van der Waals surface area (Å²) in [5, 5.41) is 14.0. The van der Waals surface area contributed by atoms with Crippen molar-refractivity contribution in [1.82, 2.24) is 15.2 Å². The van der Waals surface area contributed by atoms with Crippen LogP contribution in [0.1, 0.15) is 56.8 Å². The second kappa shape index (κ2) is 11.4. The van der Waals surface area contributed by atoms with Crippen LogP contribution in [0.25, 0.3) is 10.9 Å². The number of rotatable bonds is 10. The Labute approximate surface area is 207 Å². The first-order valence-corrected chi connectivity index (χ1v) is 12.1. The van der Waals surface area contributed by atoms with Gasteiger partial charge >= 0.3 is 12.1 Å². The number of aromatic nitrogens is 1. The molecule has 0 aliphatic heterocycles. The number of nitrogens with one attached hydrogen (secondary N) is 2. The standard InChI is InChI=1S/C28H37N3O4/c1-19-10-6-7-11-23(19)20(2)31(27(34)35-28(3,4)5)15-14-29-22(17-26(32)33)16-21-18-30-25-13-9-8-12-24(21)25/h6-13,18,20,22,29-30H,14-17H2,1-5H3,(H,32,33)/t20?,22-/m1/s1. The zero-order valence-corrected chi connectivity index (χ0v) is 21.3. The van der Waals surface area contributed by atoms with E-state index in [9.17, 15) is 14.7 Å². The molecule has 1 unspecified atom stereocenters. The molecule has 3 N–H and O–H groups in total. The Hall–Kier alpha value is -3.32. The number of aliphatic carboxylic acids is 1. The Bertz CT molecular complexity index is 1150. The zero-order valence-electron chi connectivity index (χ0n) is 21.3. The summed E-state index contributed by atoms with van der Waals surface area (Å²) in [5.74, 6) is -0.861. The number of para-hydroxylation sites is 1. The van der Waals surface area contributed by atoms with Crippen LogP contribution < -0.4 is 5.32 Å². The van der Waals surface area contributed by atoms with E-state index in [2.05, 4.69) is 10.3 Å². The lowest BCUT2D eigenvalue weighted by molar-refractivity contribution is -0.137. The van der Waals surface area contributed by atoms with Gasteiger partial charge in [-0.25, -0.2) is 4.79 Å². The summed E-state index contributed by atoms with van der Waals surface area (Å²) in [6.07, 6.45) is 2.10. The lowest BCUT2D eigenvalue weighted by Gasteiger charge is -2.33. The number of carbonyl (C=O) groups excluding carboxylic acids is 1. The highest BCUT2D eigenvalue weighted by molar-refractivity contribution is 5.83. The third kappa shape index (κ3) is 7.33. The smallest absolute Gasteiger partial charge is 0.410 e. The lowest BCUT2D eigenvalue weighted by atomic mass is 10.0. The molecule has 7 nitrogen and oxygen atoms in total. The number of aromatic amines is 1. The molecule has 0 fully saturated rings. The van der Waals surface area contributed by atoms with Gasteiger partial charge in [-0.15, -0.1) is 0 Å². The van der Waals surface area contributed by atoms with Crippen molar-refractivity contribution in [2.45, 2.75) is 65.1 Å². The summed E-state index contributed by atoms with van der Waals surface area (Å²) >= 11 is 0. The second-order valence-corrected chi connectivity index (χ2v) is 10.0. The van der Waals surface area contributed by atoms with Crippen LogP contribution in [-0.2, 0) is 16.0 Å². The minimum absolute atomic E-state index is 0.0146. The average Bonchev–Trinajstić information content (AvgIpc) is 3.17. The van der Waals surface area contributed by atoms with Crippen LogP contribution in [0, 0.1) is 6.92 Å². The van der Waals surface area contributed by atoms with E-state index in [-0.39, 0.29) is 24.6 Å². The van der Waals surface area contributed by atoms with Crippen molar-refractivity contribution in [2.24, 2.45) is 0 Å². The molecule has 0 spiro atoms. The lowest BCUT2D eigenvalue weighted by Crippen LogP contribution is -2.44. The molecule has 0 bridgehead atoms. The molecule has 0 radical (unpaired) electrons. The fraction of sp³-hybridized carbons (Fsp3) is 0.429. The van der Waals surface area contributed by atoms with E-state index in [1.165, 1.54) is 0 Å². The summed E-state index contributed by atoms with van der Waals surface area (Å²) in [4.78, 5) is 29.6. The van der Waals surface area contributed by atoms with Crippen LogP contribution >= 0.6 is 0 Å². The topological polar surface area (TPSA) is 94.7 Å². The molecule has 35 heavy (non-hydrogen) atoms. The van der Waals surface area contributed by atoms with E-state index in [4.69, 9.17) is 4.74 Å². The number of H-pyrrole nitrogens is 1. The number of fused-ring (bicyclic) bond motifs is 1. The molecular formula is C28H37N3O4. The monoisotopic (exact) mass is 479 g/mol. The molecule has 3 aromatic rings. The maximum Gasteiger partial charge on any atom is 0.410 e. The first-order chi connectivity index (χ1) is 16.5. The number of carboxylic acids is 1. The van der Waals surface area contributed by atoms with Gasteiger partial charge in [-0.05, 0) is 63.8 Å². The number of nitrogens with zero attached hydrogens (tertiary/aromatic N) is 1. The van der Waals surface area contributed by atoms with Gasteiger partial charge in [0.05, 0.1) is 12.5 Å². The average molecular weight is 480 g/mol. The van der Waals surface area contributed by atoms with Crippen LogP contribution in [0.2, 0.25) is 0 Å². The molecule has 3 rings (SSSR count). The molecule has 0 saturated carbocycles.